The number of nitrogens with zero attached hydrogens (tertiary/aromatic N) is 3. The third-order valence-electron chi connectivity index (χ3n) is 6.51. The Labute approximate surface area is 201 Å². The number of amides is 1. The van der Waals surface area contributed by atoms with Crippen molar-refractivity contribution in [2.75, 3.05) is 7.05 Å². The molecule has 0 saturated heterocycles. The highest BCUT2D eigenvalue weighted by atomic mass is 32.1. The van der Waals surface area contributed by atoms with E-state index in [2.05, 4.69) is 16.9 Å². The number of rotatable bonds is 6. The zero-order valence-electron chi connectivity index (χ0n) is 20.6. The van der Waals surface area contributed by atoms with Crippen molar-refractivity contribution in [2.24, 2.45) is 0 Å². The van der Waals surface area contributed by atoms with E-state index < -0.39 is 5.60 Å². The fraction of sp³-hybridized carbons (Fsp3) is 0.654. The van der Waals surface area contributed by atoms with Crippen LogP contribution in [0.15, 0.2) is 18.1 Å². The molecule has 6 nitrogen and oxygen atoms in total. The lowest BCUT2D eigenvalue weighted by Crippen LogP contribution is -2.31. The van der Waals surface area contributed by atoms with Crippen molar-refractivity contribution in [3.63, 3.8) is 0 Å². The second-order valence-electron chi connectivity index (χ2n) is 10.4. The lowest BCUT2D eigenvalue weighted by Gasteiger charge is -2.27. The minimum atomic E-state index is -0.490. The molecule has 4 rings (SSSR count). The van der Waals surface area contributed by atoms with Crippen molar-refractivity contribution in [2.45, 2.75) is 103 Å². The lowest BCUT2D eigenvalue weighted by atomic mass is 9.93. The van der Waals surface area contributed by atoms with Gasteiger partial charge in [-0.3, -0.25) is 4.90 Å². The van der Waals surface area contributed by atoms with Crippen LogP contribution < -0.4 is 4.74 Å². The van der Waals surface area contributed by atoms with E-state index in [0.29, 0.717) is 5.92 Å². The van der Waals surface area contributed by atoms with E-state index in [1.165, 1.54) is 47.1 Å². The highest BCUT2D eigenvalue weighted by molar-refractivity contribution is 7.19. The third-order valence-corrected chi connectivity index (χ3v) is 7.69. The third kappa shape index (κ3) is 5.68. The molecule has 2 aromatic heterocycles. The Hall–Kier alpha value is -2.15. The van der Waals surface area contributed by atoms with E-state index >= 15 is 0 Å². The highest BCUT2D eigenvalue weighted by Gasteiger charge is 2.30. The molecule has 33 heavy (non-hydrogen) atoms. The maximum atomic E-state index is 12.2. The summed E-state index contributed by atoms with van der Waals surface area (Å²) in [5, 5.41) is 1.17. The molecule has 0 radical (unpaired) electrons. The van der Waals surface area contributed by atoms with Gasteiger partial charge in [-0.1, -0.05) is 25.3 Å². The van der Waals surface area contributed by atoms with Crippen LogP contribution in [0.5, 0.6) is 5.88 Å². The SMILES string of the molecule is CCCCC1CCc2sc3ncnc(OC4CCC(=CN(C)C(=O)OC(C)(C)C)CC4)c3c21. The summed E-state index contributed by atoms with van der Waals surface area (Å²) in [6.07, 6.45) is 13.2. The van der Waals surface area contributed by atoms with Gasteiger partial charge in [-0.2, -0.15) is 0 Å². The molecule has 180 valence electrons. The summed E-state index contributed by atoms with van der Waals surface area (Å²) in [7, 11) is 1.76. The second-order valence-corrected chi connectivity index (χ2v) is 11.5. The van der Waals surface area contributed by atoms with E-state index in [4.69, 9.17) is 9.47 Å². The molecule has 0 aliphatic heterocycles. The summed E-state index contributed by atoms with van der Waals surface area (Å²) in [5.41, 5.74) is 2.23. The molecule has 1 amide bonds. The van der Waals surface area contributed by atoms with Gasteiger partial charge < -0.3 is 9.47 Å². The molecule has 1 saturated carbocycles. The molecule has 0 bridgehead atoms. The van der Waals surface area contributed by atoms with E-state index in [9.17, 15) is 4.79 Å². The monoisotopic (exact) mass is 471 g/mol. The second kappa shape index (κ2) is 10.00. The van der Waals surface area contributed by atoms with Crippen molar-refractivity contribution in [3.05, 3.63) is 28.5 Å². The van der Waals surface area contributed by atoms with Gasteiger partial charge in [0.15, 0.2) is 0 Å². The van der Waals surface area contributed by atoms with Crippen molar-refractivity contribution >= 4 is 27.6 Å². The minimum Gasteiger partial charge on any atom is -0.474 e. The molecular weight excluding hydrogens is 434 g/mol. The summed E-state index contributed by atoms with van der Waals surface area (Å²) >= 11 is 1.82. The standard InChI is InChI=1S/C26H37N3O3S/c1-6-7-8-18-11-14-20-21(18)22-23(27-16-28-24(22)33-20)31-19-12-9-17(10-13-19)15-29(5)25(30)32-26(2,3)4/h15-16,18-19H,6-14H2,1-5H3. The fourth-order valence-electron chi connectivity index (χ4n) is 4.90. The summed E-state index contributed by atoms with van der Waals surface area (Å²) in [4.78, 5) is 25.5. The normalized spacial score (nSPS) is 20.6. The highest BCUT2D eigenvalue weighted by Crippen LogP contribution is 2.48. The minimum absolute atomic E-state index is 0.137. The number of carbonyl (C=O) groups excluding carboxylic acids is 1. The van der Waals surface area contributed by atoms with Crippen LogP contribution in [0.1, 0.15) is 95.4 Å². The Morgan fingerprint density at radius 2 is 1.97 bits per heavy atom. The van der Waals surface area contributed by atoms with Crippen LogP contribution in [0, 0.1) is 0 Å². The smallest absolute Gasteiger partial charge is 0.414 e. The fourth-order valence-corrected chi connectivity index (χ4v) is 6.13. The zero-order chi connectivity index (χ0) is 23.6. The quantitative estimate of drug-likeness (QED) is 0.454. The van der Waals surface area contributed by atoms with Gasteiger partial charge in [0.2, 0.25) is 5.88 Å². The zero-order valence-corrected chi connectivity index (χ0v) is 21.5. The number of ether oxygens (including phenoxy) is 2. The van der Waals surface area contributed by atoms with Gasteiger partial charge in [-0.05, 0) is 77.2 Å². The maximum absolute atomic E-state index is 12.2. The lowest BCUT2D eigenvalue weighted by molar-refractivity contribution is 0.0369. The van der Waals surface area contributed by atoms with Crippen LogP contribution in [-0.2, 0) is 11.2 Å². The van der Waals surface area contributed by atoms with Crippen molar-refractivity contribution in [1.29, 1.82) is 0 Å². The number of hydrogen-bond donors (Lipinski definition) is 0. The van der Waals surface area contributed by atoms with Gasteiger partial charge >= 0.3 is 6.09 Å². The largest absolute Gasteiger partial charge is 0.474 e. The van der Waals surface area contributed by atoms with E-state index in [0.717, 1.165) is 42.8 Å². The summed E-state index contributed by atoms with van der Waals surface area (Å²) in [6.45, 7) is 7.91. The molecule has 1 fully saturated rings. The summed E-state index contributed by atoms with van der Waals surface area (Å²) < 4.78 is 11.9. The topological polar surface area (TPSA) is 64.6 Å². The number of thiophene rings is 1. The molecule has 7 heteroatoms. The number of unbranched alkanes of at least 4 members (excludes halogenated alkanes) is 1. The van der Waals surface area contributed by atoms with Crippen LogP contribution >= 0.6 is 11.3 Å². The van der Waals surface area contributed by atoms with Gasteiger partial charge in [0, 0.05) is 18.1 Å². The van der Waals surface area contributed by atoms with E-state index in [1.807, 2.05) is 38.3 Å². The van der Waals surface area contributed by atoms with Gasteiger partial charge in [0.05, 0.1) is 5.39 Å². The average Bonchev–Trinajstić information content (AvgIpc) is 3.32. The van der Waals surface area contributed by atoms with E-state index in [1.54, 1.807) is 18.3 Å². The first-order chi connectivity index (χ1) is 15.7. The average molecular weight is 472 g/mol. The molecule has 2 aliphatic carbocycles. The molecule has 2 aliphatic rings. The van der Waals surface area contributed by atoms with Crippen molar-refractivity contribution < 1.29 is 14.3 Å². The number of allylic oxidation sites excluding steroid dienone is 1. The maximum Gasteiger partial charge on any atom is 0.414 e. The molecule has 2 heterocycles. The molecule has 1 unspecified atom stereocenters. The first-order valence-corrected chi connectivity index (χ1v) is 13.1. The molecule has 0 spiro atoms. The van der Waals surface area contributed by atoms with Crippen molar-refractivity contribution in [3.8, 4) is 5.88 Å². The molecule has 2 aromatic rings. The van der Waals surface area contributed by atoms with Gasteiger partial charge in [0.1, 0.15) is 22.9 Å². The summed E-state index contributed by atoms with van der Waals surface area (Å²) in [6, 6.07) is 0. The molecule has 1 atom stereocenters. The Balaban J connectivity index is 1.42. The first kappa shape index (κ1) is 24.0. The molecule has 0 N–H and O–H groups in total. The van der Waals surface area contributed by atoms with Crippen LogP contribution in [-0.4, -0.2) is 39.7 Å². The van der Waals surface area contributed by atoms with Gasteiger partial charge in [-0.15, -0.1) is 11.3 Å². The Kier molecular flexibility index (Phi) is 7.27. The van der Waals surface area contributed by atoms with Crippen LogP contribution in [0.4, 0.5) is 4.79 Å². The molecule has 0 aromatic carbocycles. The predicted octanol–water partition coefficient (Wildman–Crippen LogP) is 6.98. The number of aromatic nitrogens is 2. The van der Waals surface area contributed by atoms with E-state index in [-0.39, 0.29) is 12.2 Å². The predicted molar refractivity (Wildman–Crippen MR) is 133 cm³/mol. The number of hydrogen-bond acceptors (Lipinski definition) is 6. The van der Waals surface area contributed by atoms with Crippen LogP contribution in [0.25, 0.3) is 10.2 Å². The van der Waals surface area contributed by atoms with Crippen LogP contribution in [0.3, 0.4) is 0 Å². The Morgan fingerprint density at radius 1 is 1.21 bits per heavy atom. The number of aryl methyl sites for hydroxylation is 1. The van der Waals surface area contributed by atoms with Gasteiger partial charge in [0.25, 0.3) is 0 Å². The number of carbonyl (C=O) groups is 1. The van der Waals surface area contributed by atoms with Crippen molar-refractivity contribution in [1.82, 2.24) is 14.9 Å². The Bertz CT molecular complexity index is 1010. The Morgan fingerprint density at radius 3 is 2.67 bits per heavy atom. The molecular formula is C26H37N3O3S. The number of fused-ring (bicyclic) bond motifs is 3. The van der Waals surface area contributed by atoms with Crippen LogP contribution in [0.2, 0.25) is 0 Å². The summed E-state index contributed by atoms with van der Waals surface area (Å²) in [5.74, 6) is 1.38. The van der Waals surface area contributed by atoms with Gasteiger partial charge in [-0.25, -0.2) is 14.8 Å². The first-order valence-electron chi connectivity index (χ1n) is 12.3.